The zero-order valence-electron chi connectivity index (χ0n) is 22.1. The molecule has 0 aromatic heterocycles. The molecule has 2 N–H and O–H groups in total. The molecule has 8 nitrogen and oxygen atoms in total. The number of aliphatic hydroxyl groups is 1. The average Bonchev–Trinajstić information content (AvgIpc) is 3.31. The van der Waals surface area contributed by atoms with Crippen molar-refractivity contribution in [2.75, 3.05) is 13.2 Å². The molecule has 6 atom stereocenters. The van der Waals surface area contributed by atoms with Crippen molar-refractivity contribution in [1.29, 1.82) is 0 Å². The van der Waals surface area contributed by atoms with Crippen LogP contribution in [0, 0.1) is 23.2 Å². The minimum atomic E-state index is -1.08. The maximum atomic E-state index is 14.0. The number of nitrogens with zero attached hydrogens (tertiary/aromatic N) is 1. The zero-order chi connectivity index (χ0) is 25.6. The van der Waals surface area contributed by atoms with Crippen LogP contribution < -0.4 is 5.32 Å². The van der Waals surface area contributed by atoms with Crippen LogP contribution in [-0.2, 0) is 23.9 Å². The van der Waals surface area contributed by atoms with Crippen LogP contribution in [0.5, 0.6) is 0 Å². The summed E-state index contributed by atoms with van der Waals surface area (Å²) < 4.78 is 11.7. The second-order valence-corrected chi connectivity index (χ2v) is 12.6. The van der Waals surface area contributed by atoms with Crippen LogP contribution in [0.25, 0.3) is 0 Å². The molecule has 1 spiro atoms. The molecule has 3 fully saturated rings. The standard InChI is InChI=1S/C26H44N2O6/c1-9-33-23(32)18-17-10-11-26(34-17)19(18)22(31)28(16(13-29)12-15(2)3)20(26)21(30)27-25(7,8)14-24(4,5)6/h15-20,29H,9-14H2,1-8H3,(H,27,30)/t16-,17-,18+,19+,20-,26+/m1/s1. The van der Waals surface area contributed by atoms with Gasteiger partial charge in [0.2, 0.25) is 11.8 Å². The number of rotatable bonds is 9. The summed E-state index contributed by atoms with van der Waals surface area (Å²) in [6.07, 6.45) is 1.99. The molecule has 0 saturated carbocycles. The Morgan fingerprint density at radius 3 is 2.44 bits per heavy atom. The molecule has 0 unspecified atom stereocenters. The summed E-state index contributed by atoms with van der Waals surface area (Å²) in [4.78, 5) is 42.3. The monoisotopic (exact) mass is 480 g/mol. The van der Waals surface area contributed by atoms with E-state index in [0.717, 1.165) is 6.42 Å². The first-order valence-electron chi connectivity index (χ1n) is 12.8. The molecule has 0 radical (unpaired) electrons. The Bertz CT molecular complexity index is 804. The molecule has 8 heteroatoms. The Morgan fingerprint density at radius 1 is 1.26 bits per heavy atom. The summed E-state index contributed by atoms with van der Waals surface area (Å²) >= 11 is 0. The van der Waals surface area contributed by atoms with Crippen molar-refractivity contribution in [2.24, 2.45) is 23.2 Å². The average molecular weight is 481 g/mol. The number of fused-ring (bicyclic) bond motifs is 1. The van der Waals surface area contributed by atoms with Crippen LogP contribution in [0.1, 0.15) is 81.1 Å². The Balaban J connectivity index is 2.02. The molecular weight excluding hydrogens is 436 g/mol. The van der Waals surface area contributed by atoms with E-state index in [-0.39, 0.29) is 36.4 Å². The van der Waals surface area contributed by atoms with E-state index in [1.54, 1.807) is 11.8 Å². The molecule has 34 heavy (non-hydrogen) atoms. The van der Waals surface area contributed by atoms with Crippen LogP contribution in [0.2, 0.25) is 0 Å². The van der Waals surface area contributed by atoms with Gasteiger partial charge >= 0.3 is 5.97 Å². The van der Waals surface area contributed by atoms with Crippen LogP contribution in [0.4, 0.5) is 0 Å². The third-order valence-corrected chi connectivity index (χ3v) is 7.33. The third-order valence-electron chi connectivity index (χ3n) is 7.33. The predicted molar refractivity (Wildman–Crippen MR) is 128 cm³/mol. The van der Waals surface area contributed by atoms with E-state index in [1.165, 1.54) is 0 Å². The van der Waals surface area contributed by atoms with E-state index in [1.807, 2.05) is 27.7 Å². The SMILES string of the molecule is CCOC(=O)[C@@H]1[C@H]2C(=O)N([C@@H](CO)CC(C)C)[C@H](C(=O)NC(C)(C)CC(C)(C)C)[C@]23CC[C@H]1O3. The number of ether oxygens (including phenoxy) is 2. The van der Waals surface area contributed by atoms with Gasteiger partial charge in [0.05, 0.1) is 37.2 Å². The number of carbonyl (C=O) groups excluding carboxylic acids is 3. The van der Waals surface area contributed by atoms with Crippen molar-refractivity contribution >= 4 is 17.8 Å². The van der Waals surface area contributed by atoms with Gasteiger partial charge in [-0.25, -0.2) is 0 Å². The molecule has 0 aliphatic carbocycles. The molecule has 2 bridgehead atoms. The van der Waals surface area contributed by atoms with E-state index < -0.39 is 47.1 Å². The van der Waals surface area contributed by atoms with E-state index in [0.29, 0.717) is 19.3 Å². The number of nitrogens with one attached hydrogen (secondary N) is 1. The fourth-order valence-electron chi connectivity index (χ4n) is 6.88. The lowest BCUT2D eigenvalue weighted by Crippen LogP contribution is -2.61. The highest BCUT2D eigenvalue weighted by atomic mass is 16.6. The van der Waals surface area contributed by atoms with Gasteiger partial charge in [0.25, 0.3) is 0 Å². The maximum absolute atomic E-state index is 14.0. The molecule has 3 rings (SSSR count). The fraction of sp³-hybridized carbons (Fsp3) is 0.885. The Hall–Kier alpha value is -1.67. The molecule has 3 aliphatic rings. The van der Waals surface area contributed by atoms with Gasteiger partial charge in [0, 0.05) is 5.54 Å². The van der Waals surface area contributed by atoms with Crippen molar-refractivity contribution in [3.05, 3.63) is 0 Å². The van der Waals surface area contributed by atoms with Crippen LogP contribution in [0.15, 0.2) is 0 Å². The number of aliphatic hydroxyl groups excluding tert-OH is 1. The minimum Gasteiger partial charge on any atom is -0.466 e. The largest absolute Gasteiger partial charge is 0.466 e. The van der Waals surface area contributed by atoms with E-state index in [2.05, 4.69) is 26.1 Å². The summed E-state index contributed by atoms with van der Waals surface area (Å²) in [5.41, 5.74) is -1.60. The molecule has 2 amide bonds. The number of hydrogen-bond donors (Lipinski definition) is 2. The van der Waals surface area contributed by atoms with E-state index >= 15 is 0 Å². The molecule has 3 aliphatic heterocycles. The van der Waals surface area contributed by atoms with E-state index in [4.69, 9.17) is 9.47 Å². The molecule has 3 heterocycles. The first-order chi connectivity index (χ1) is 15.7. The van der Waals surface area contributed by atoms with Crippen molar-refractivity contribution in [2.45, 2.75) is 110 Å². The van der Waals surface area contributed by atoms with Crippen molar-refractivity contribution < 1.29 is 29.0 Å². The second kappa shape index (κ2) is 9.41. The van der Waals surface area contributed by atoms with Gasteiger partial charge in [-0.05, 0) is 57.8 Å². The molecular formula is C26H44N2O6. The van der Waals surface area contributed by atoms with Gasteiger partial charge in [0.15, 0.2) is 0 Å². The first kappa shape index (κ1) is 26.9. The highest BCUT2D eigenvalue weighted by Crippen LogP contribution is 2.59. The van der Waals surface area contributed by atoms with Crippen LogP contribution in [0.3, 0.4) is 0 Å². The van der Waals surface area contributed by atoms with Crippen LogP contribution in [-0.4, -0.2) is 70.3 Å². The topological polar surface area (TPSA) is 105 Å². The number of amides is 2. The van der Waals surface area contributed by atoms with Gasteiger partial charge in [-0.1, -0.05) is 34.6 Å². The number of esters is 1. The Kier molecular flexibility index (Phi) is 7.46. The van der Waals surface area contributed by atoms with Gasteiger partial charge in [-0.3, -0.25) is 14.4 Å². The van der Waals surface area contributed by atoms with Gasteiger partial charge in [-0.15, -0.1) is 0 Å². The smallest absolute Gasteiger partial charge is 0.312 e. The minimum absolute atomic E-state index is 0.00855. The maximum Gasteiger partial charge on any atom is 0.312 e. The van der Waals surface area contributed by atoms with Crippen molar-refractivity contribution in [1.82, 2.24) is 10.2 Å². The summed E-state index contributed by atoms with van der Waals surface area (Å²) in [6, 6.07) is -1.43. The predicted octanol–water partition coefficient (Wildman–Crippen LogP) is 2.66. The molecule has 0 aromatic carbocycles. The lowest BCUT2D eigenvalue weighted by atomic mass is 9.70. The molecule has 3 saturated heterocycles. The van der Waals surface area contributed by atoms with E-state index in [9.17, 15) is 19.5 Å². The Labute approximate surface area is 204 Å². The molecule has 0 aromatic rings. The number of likely N-dealkylation sites (tertiary alicyclic amines) is 1. The summed E-state index contributed by atoms with van der Waals surface area (Å²) in [6.45, 7) is 16.1. The molecule has 194 valence electrons. The van der Waals surface area contributed by atoms with Gasteiger partial charge in [-0.2, -0.15) is 0 Å². The third kappa shape index (κ3) is 4.85. The lowest BCUT2D eigenvalue weighted by Gasteiger charge is -2.40. The lowest BCUT2D eigenvalue weighted by molar-refractivity contribution is -0.155. The number of carbonyl (C=O) groups is 3. The summed E-state index contributed by atoms with van der Waals surface area (Å²) in [5.74, 6) is -2.28. The number of hydrogen-bond acceptors (Lipinski definition) is 6. The highest BCUT2D eigenvalue weighted by Gasteiger charge is 2.75. The fourth-order valence-corrected chi connectivity index (χ4v) is 6.88. The quantitative estimate of drug-likeness (QED) is 0.492. The zero-order valence-corrected chi connectivity index (χ0v) is 22.1. The van der Waals surface area contributed by atoms with Crippen molar-refractivity contribution in [3.63, 3.8) is 0 Å². The van der Waals surface area contributed by atoms with Crippen LogP contribution >= 0.6 is 0 Å². The summed E-state index contributed by atoms with van der Waals surface area (Å²) in [7, 11) is 0. The first-order valence-corrected chi connectivity index (χ1v) is 12.8. The summed E-state index contributed by atoms with van der Waals surface area (Å²) in [5, 5.41) is 13.5. The van der Waals surface area contributed by atoms with Gasteiger partial charge < -0.3 is 24.8 Å². The normalized spacial score (nSPS) is 31.7. The van der Waals surface area contributed by atoms with Crippen molar-refractivity contribution in [3.8, 4) is 0 Å². The Morgan fingerprint density at radius 2 is 1.91 bits per heavy atom. The second-order valence-electron chi connectivity index (χ2n) is 12.6. The highest BCUT2D eigenvalue weighted by molar-refractivity contribution is 5.98. The van der Waals surface area contributed by atoms with Gasteiger partial charge in [0.1, 0.15) is 11.6 Å².